The van der Waals surface area contributed by atoms with Crippen LogP contribution in [0.1, 0.15) is 5.56 Å². The van der Waals surface area contributed by atoms with Crippen molar-refractivity contribution in [1.82, 2.24) is 0 Å². The molecule has 0 radical (unpaired) electrons. The molecule has 3 nitrogen and oxygen atoms in total. The number of thiazole rings is 1. The summed E-state index contributed by atoms with van der Waals surface area (Å²) in [5.41, 5.74) is 4.51. The lowest BCUT2D eigenvalue weighted by Gasteiger charge is -2.03. The van der Waals surface area contributed by atoms with Gasteiger partial charge >= 0.3 is 5.13 Å². The van der Waals surface area contributed by atoms with Gasteiger partial charge in [-0.1, -0.05) is 53.3 Å². The van der Waals surface area contributed by atoms with Gasteiger partial charge in [-0.15, -0.1) is 0 Å². The summed E-state index contributed by atoms with van der Waals surface area (Å²) in [5.74, 6) is 0.830. The maximum Gasteiger partial charge on any atom is 0.337 e. The fourth-order valence-corrected chi connectivity index (χ4v) is 2.87. The van der Waals surface area contributed by atoms with Gasteiger partial charge in [0.2, 0.25) is 0 Å². The van der Waals surface area contributed by atoms with Gasteiger partial charge in [0.05, 0.1) is 7.11 Å². The van der Waals surface area contributed by atoms with Crippen LogP contribution in [0.2, 0.25) is 0 Å². The van der Waals surface area contributed by atoms with Gasteiger partial charge in [-0.25, -0.2) is 10.3 Å². The number of aromatic nitrogens is 1. The third kappa shape index (κ3) is 3.67. The quantitative estimate of drug-likeness (QED) is 0.744. The van der Waals surface area contributed by atoms with Crippen LogP contribution in [-0.2, 0) is 0 Å². The second kappa shape index (κ2) is 7.42. The minimum absolute atomic E-state index is 0. The number of anilines is 2. The normalized spacial score (nSPS) is 9.91. The van der Waals surface area contributed by atoms with Gasteiger partial charge in [0.1, 0.15) is 5.69 Å². The molecule has 2 N–H and O–H groups in total. The van der Waals surface area contributed by atoms with E-state index in [1.54, 1.807) is 18.4 Å². The van der Waals surface area contributed by atoms with Crippen molar-refractivity contribution in [3.8, 4) is 17.0 Å². The lowest BCUT2D eigenvalue weighted by molar-refractivity contribution is -0.340. The van der Waals surface area contributed by atoms with E-state index < -0.39 is 0 Å². The Morgan fingerprint density at radius 3 is 2.50 bits per heavy atom. The maximum absolute atomic E-state index is 5.35. The molecule has 0 fully saturated rings. The standard InChI is InChI=1S/C17H16N2OS.BrH/c1-12-7-9-13(10-8-12)15-11-21-17(19-15)18-14-5-3-4-6-16(14)20-2;/h3-11H,1-2H3,(H,18,19);1H. The van der Waals surface area contributed by atoms with E-state index in [9.17, 15) is 0 Å². The molecule has 0 saturated heterocycles. The largest absolute Gasteiger partial charge is 1.00 e. The molecule has 3 aromatic rings. The topological polar surface area (TPSA) is 35.4 Å². The van der Waals surface area contributed by atoms with Crippen molar-refractivity contribution < 1.29 is 26.7 Å². The number of hydrogen-bond acceptors (Lipinski definition) is 3. The van der Waals surface area contributed by atoms with Crippen LogP contribution in [0.3, 0.4) is 0 Å². The van der Waals surface area contributed by atoms with Crippen LogP contribution < -0.4 is 32.0 Å². The van der Waals surface area contributed by atoms with Gasteiger partial charge in [-0.3, -0.25) is 0 Å². The third-order valence-corrected chi connectivity index (χ3v) is 4.05. The Kier molecular flexibility index (Phi) is 5.57. The van der Waals surface area contributed by atoms with Crippen LogP contribution in [0, 0.1) is 6.92 Å². The minimum Gasteiger partial charge on any atom is -1.00 e. The Morgan fingerprint density at radius 2 is 1.77 bits per heavy atom. The van der Waals surface area contributed by atoms with Crippen molar-refractivity contribution in [1.29, 1.82) is 0 Å². The van der Waals surface area contributed by atoms with Gasteiger partial charge in [-0.05, 0) is 19.1 Å². The number of halogens is 1. The molecule has 0 bridgehead atoms. The molecule has 0 amide bonds. The number of rotatable bonds is 4. The summed E-state index contributed by atoms with van der Waals surface area (Å²) in [5, 5.41) is 6.46. The number of aromatic amines is 1. The van der Waals surface area contributed by atoms with Gasteiger partial charge in [0, 0.05) is 10.9 Å². The molecule has 0 aliphatic carbocycles. The van der Waals surface area contributed by atoms with Crippen molar-refractivity contribution in [2.75, 3.05) is 12.4 Å². The lowest BCUT2D eigenvalue weighted by atomic mass is 10.1. The fraction of sp³-hybridized carbons (Fsp3) is 0.118. The highest BCUT2D eigenvalue weighted by molar-refractivity contribution is 7.13. The molecule has 114 valence electrons. The Bertz CT molecular complexity index is 740. The smallest absolute Gasteiger partial charge is 0.337 e. The molecule has 0 saturated carbocycles. The predicted molar refractivity (Wildman–Crippen MR) is 87.3 cm³/mol. The first-order valence-electron chi connectivity index (χ1n) is 6.74. The van der Waals surface area contributed by atoms with Crippen molar-refractivity contribution in [3.63, 3.8) is 0 Å². The van der Waals surface area contributed by atoms with Gasteiger partial charge in [-0.2, -0.15) is 0 Å². The Morgan fingerprint density at radius 1 is 1.05 bits per heavy atom. The summed E-state index contributed by atoms with van der Waals surface area (Å²) >= 11 is 1.64. The van der Waals surface area contributed by atoms with E-state index in [-0.39, 0.29) is 17.0 Å². The molecule has 1 heterocycles. The monoisotopic (exact) mass is 376 g/mol. The van der Waals surface area contributed by atoms with Crippen molar-refractivity contribution in [2.45, 2.75) is 6.92 Å². The molecule has 2 aromatic carbocycles. The Labute approximate surface area is 144 Å². The van der Waals surface area contributed by atoms with Gasteiger partial charge in [0.25, 0.3) is 0 Å². The van der Waals surface area contributed by atoms with E-state index >= 15 is 0 Å². The molecular formula is C17H17BrN2OS. The summed E-state index contributed by atoms with van der Waals surface area (Å²) in [6.07, 6.45) is 0. The molecule has 0 aliphatic heterocycles. The van der Waals surface area contributed by atoms with E-state index in [4.69, 9.17) is 4.74 Å². The minimum atomic E-state index is 0. The summed E-state index contributed by atoms with van der Waals surface area (Å²) < 4.78 is 5.35. The zero-order valence-electron chi connectivity index (χ0n) is 12.4. The molecule has 0 unspecified atom stereocenters. The molecule has 22 heavy (non-hydrogen) atoms. The second-order valence-electron chi connectivity index (χ2n) is 4.79. The summed E-state index contributed by atoms with van der Waals surface area (Å²) in [6.45, 7) is 2.09. The summed E-state index contributed by atoms with van der Waals surface area (Å²) in [6, 6.07) is 16.4. The van der Waals surface area contributed by atoms with Crippen LogP contribution in [0.5, 0.6) is 5.75 Å². The highest BCUT2D eigenvalue weighted by Crippen LogP contribution is 2.28. The van der Waals surface area contributed by atoms with Crippen LogP contribution in [0.4, 0.5) is 10.8 Å². The molecule has 0 spiro atoms. The van der Waals surface area contributed by atoms with Crippen LogP contribution >= 0.6 is 11.3 Å². The summed E-state index contributed by atoms with van der Waals surface area (Å²) in [4.78, 5) is 3.40. The third-order valence-electron chi connectivity index (χ3n) is 3.26. The molecule has 3 rings (SSSR count). The van der Waals surface area contributed by atoms with E-state index in [2.05, 4.69) is 46.9 Å². The van der Waals surface area contributed by atoms with Crippen molar-refractivity contribution in [3.05, 3.63) is 59.5 Å². The second-order valence-corrected chi connectivity index (χ2v) is 5.67. The van der Waals surface area contributed by atoms with Gasteiger partial charge < -0.3 is 21.7 Å². The zero-order chi connectivity index (χ0) is 14.7. The zero-order valence-corrected chi connectivity index (χ0v) is 14.8. The number of hydrogen-bond donors (Lipinski definition) is 1. The average Bonchev–Trinajstić information content (AvgIpc) is 2.97. The SMILES string of the molecule is COc1ccccc1Nc1[nH+]c(-c2ccc(C)cc2)cs1.[Br-]. The lowest BCUT2D eigenvalue weighted by Crippen LogP contribution is -3.00. The van der Waals surface area contributed by atoms with Crippen LogP contribution in [-0.4, -0.2) is 7.11 Å². The molecule has 0 aliphatic rings. The number of H-pyrrole nitrogens is 1. The molecule has 0 atom stereocenters. The van der Waals surface area contributed by atoms with Crippen LogP contribution in [0.15, 0.2) is 53.9 Å². The fourth-order valence-electron chi connectivity index (χ4n) is 2.10. The van der Waals surface area contributed by atoms with E-state index in [0.717, 1.165) is 22.3 Å². The number of aryl methyl sites for hydroxylation is 1. The molecule has 5 heteroatoms. The van der Waals surface area contributed by atoms with Crippen molar-refractivity contribution >= 4 is 22.2 Å². The number of methoxy groups -OCH3 is 1. The van der Waals surface area contributed by atoms with Gasteiger partial charge in [0.15, 0.2) is 11.4 Å². The highest BCUT2D eigenvalue weighted by atomic mass is 79.9. The van der Waals surface area contributed by atoms with E-state index in [1.165, 1.54) is 11.1 Å². The van der Waals surface area contributed by atoms with E-state index in [0.29, 0.717) is 0 Å². The van der Waals surface area contributed by atoms with Crippen LogP contribution in [0.25, 0.3) is 11.3 Å². The number of nitrogens with one attached hydrogen (secondary N) is 2. The Balaban J connectivity index is 0.00000176. The first-order chi connectivity index (χ1) is 10.3. The van der Waals surface area contributed by atoms with E-state index in [1.807, 2.05) is 24.3 Å². The first kappa shape index (κ1) is 16.5. The average molecular weight is 377 g/mol. The molecule has 1 aromatic heterocycles. The predicted octanol–water partition coefficient (Wildman–Crippen LogP) is 1.29. The van der Waals surface area contributed by atoms with Crippen molar-refractivity contribution in [2.24, 2.45) is 0 Å². The number of para-hydroxylation sites is 2. The summed E-state index contributed by atoms with van der Waals surface area (Å²) in [7, 11) is 1.68. The molecular weight excluding hydrogens is 360 g/mol. The maximum atomic E-state index is 5.35. The number of benzene rings is 2. The Hall–Kier alpha value is -1.85. The first-order valence-corrected chi connectivity index (χ1v) is 7.62. The highest BCUT2D eigenvalue weighted by Gasteiger charge is 2.13. The number of ether oxygens (including phenoxy) is 1.